The molecule has 1 N–H and O–H groups in total. The molecule has 1 aliphatic heterocycles. The van der Waals surface area contributed by atoms with Gasteiger partial charge in [0.25, 0.3) is 0 Å². The summed E-state index contributed by atoms with van der Waals surface area (Å²) in [5, 5.41) is 3.49. The molecule has 1 saturated heterocycles. The number of nitrogens with one attached hydrogen (secondary N) is 1. The lowest BCUT2D eigenvalue weighted by atomic mass is 9.88. The Labute approximate surface area is 108 Å². The number of rotatable bonds is 7. The van der Waals surface area contributed by atoms with E-state index in [1.165, 1.54) is 51.9 Å². The summed E-state index contributed by atoms with van der Waals surface area (Å²) in [6.45, 7) is 14.4. The molecule has 1 heterocycles. The van der Waals surface area contributed by atoms with Gasteiger partial charge >= 0.3 is 0 Å². The minimum atomic E-state index is 0.772. The molecule has 0 bridgehead atoms. The molecule has 2 nitrogen and oxygen atoms in total. The third kappa shape index (κ3) is 5.39. The first-order valence-electron chi connectivity index (χ1n) is 7.59. The molecular weight excluding hydrogens is 208 g/mol. The average Bonchev–Trinajstić information content (AvgIpc) is 2.32. The second-order valence-corrected chi connectivity index (χ2v) is 5.98. The van der Waals surface area contributed by atoms with Gasteiger partial charge in [-0.2, -0.15) is 0 Å². The Morgan fingerprint density at radius 3 is 2.65 bits per heavy atom. The van der Waals surface area contributed by atoms with Crippen LogP contribution < -0.4 is 5.32 Å². The molecule has 3 atom stereocenters. The molecule has 0 spiro atoms. The molecule has 0 aromatic heterocycles. The molecule has 1 rings (SSSR count). The topological polar surface area (TPSA) is 15.3 Å². The first-order chi connectivity index (χ1) is 8.15. The predicted octanol–water partition coefficient (Wildman–Crippen LogP) is 3.13. The van der Waals surface area contributed by atoms with Gasteiger partial charge in [-0.1, -0.05) is 20.8 Å². The molecule has 0 aromatic rings. The quantitative estimate of drug-likeness (QED) is 0.688. The highest BCUT2D eigenvalue weighted by atomic mass is 15.2. The Morgan fingerprint density at radius 1 is 1.24 bits per heavy atom. The van der Waals surface area contributed by atoms with Crippen LogP contribution in [0.1, 0.15) is 53.4 Å². The Kier molecular flexibility index (Phi) is 7.14. The molecule has 0 radical (unpaired) electrons. The Hall–Kier alpha value is -0.0800. The van der Waals surface area contributed by atoms with Crippen LogP contribution in [0, 0.1) is 11.8 Å². The van der Waals surface area contributed by atoms with Crippen LogP contribution in [-0.4, -0.2) is 37.1 Å². The Bertz CT molecular complexity index is 193. The minimum absolute atomic E-state index is 0.772. The lowest BCUT2D eigenvalue weighted by Gasteiger charge is -2.39. The van der Waals surface area contributed by atoms with E-state index in [9.17, 15) is 0 Å². The first-order valence-corrected chi connectivity index (χ1v) is 7.59. The van der Waals surface area contributed by atoms with E-state index < -0.39 is 0 Å². The highest BCUT2D eigenvalue weighted by molar-refractivity contribution is 4.78. The molecule has 1 fully saturated rings. The van der Waals surface area contributed by atoms with Crippen molar-refractivity contribution in [3.8, 4) is 0 Å². The standard InChI is InChI=1S/C15H32N2/c1-5-9-16-10-6-7-15(4)17-11-8-13(2)14(3)12-17/h13-16H,5-12H2,1-4H3. The van der Waals surface area contributed by atoms with Gasteiger partial charge in [-0.15, -0.1) is 0 Å². The highest BCUT2D eigenvalue weighted by Crippen LogP contribution is 2.24. The van der Waals surface area contributed by atoms with E-state index >= 15 is 0 Å². The summed E-state index contributed by atoms with van der Waals surface area (Å²) >= 11 is 0. The summed E-state index contributed by atoms with van der Waals surface area (Å²) in [6, 6.07) is 0.772. The molecular formula is C15H32N2. The van der Waals surface area contributed by atoms with E-state index in [-0.39, 0.29) is 0 Å². The van der Waals surface area contributed by atoms with Crippen molar-refractivity contribution < 1.29 is 0 Å². The summed E-state index contributed by atoms with van der Waals surface area (Å²) in [5.41, 5.74) is 0. The van der Waals surface area contributed by atoms with Gasteiger partial charge in [-0.3, -0.25) is 0 Å². The van der Waals surface area contributed by atoms with Gasteiger partial charge < -0.3 is 10.2 Å². The zero-order valence-electron chi connectivity index (χ0n) is 12.3. The molecule has 0 amide bonds. The Balaban J connectivity index is 2.12. The normalized spacial score (nSPS) is 28.2. The fraction of sp³-hybridized carbons (Fsp3) is 1.00. The first kappa shape index (κ1) is 15.0. The summed E-state index contributed by atoms with van der Waals surface area (Å²) in [6.07, 6.45) is 5.30. The van der Waals surface area contributed by atoms with Crippen LogP contribution in [0.4, 0.5) is 0 Å². The molecule has 1 aliphatic rings. The van der Waals surface area contributed by atoms with Crippen molar-refractivity contribution in [2.75, 3.05) is 26.2 Å². The summed E-state index contributed by atoms with van der Waals surface area (Å²) in [7, 11) is 0. The number of hydrogen-bond acceptors (Lipinski definition) is 2. The highest BCUT2D eigenvalue weighted by Gasteiger charge is 2.25. The minimum Gasteiger partial charge on any atom is -0.317 e. The van der Waals surface area contributed by atoms with Crippen LogP contribution in [-0.2, 0) is 0 Å². The van der Waals surface area contributed by atoms with Crippen molar-refractivity contribution in [1.82, 2.24) is 10.2 Å². The number of piperidine rings is 1. The van der Waals surface area contributed by atoms with E-state index in [0.717, 1.165) is 17.9 Å². The van der Waals surface area contributed by atoms with Gasteiger partial charge in [-0.25, -0.2) is 0 Å². The van der Waals surface area contributed by atoms with Crippen LogP contribution in [0.5, 0.6) is 0 Å². The predicted molar refractivity (Wildman–Crippen MR) is 76.4 cm³/mol. The van der Waals surface area contributed by atoms with E-state index in [2.05, 4.69) is 37.9 Å². The third-order valence-electron chi connectivity index (χ3n) is 4.39. The van der Waals surface area contributed by atoms with Gasteiger partial charge in [0.1, 0.15) is 0 Å². The monoisotopic (exact) mass is 240 g/mol. The van der Waals surface area contributed by atoms with Gasteiger partial charge in [0.15, 0.2) is 0 Å². The van der Waals surface area contributed by atoms with Crippen LogP contribution in [0.2, 0.25) is 0 Å². The maximum atomic E-state index is 3.49. The zero-order valence-corrected chi connectivity index (χ0v) is 12.3. The smallest absolute Gasteiger partial charge is 0.00675 e. The lowest BCUT2D eigenvalue weighted by Crippen LogP contribution is -2.43. The van der Waals surface area contributed by atoms with Crippen LogP contribution in [0.15, 0.2) is 0 Å². The van der Waals surface area contributed by atoms with E-state index in [4.69, 9.17) is 0 Å². The molecule has 0 saturated carbocycles. The number of nitrogens with zero attached hydrogens (tertiary/aromatic N) is 1. The van der Waals surface area contributed by atoms with E-state index in [0.29, 0.717) is 0 Å². The molecule has 2 heteroatoms. The fourth-order valence-corrected chi connectivity index (χ4v) is 2.70. The van der Waals surface area contributed by atoms with Crippen molar-refractivity contribution in [2.45, 2.75) is 59.4 Å². The molecule has 0 aliphatic carbocycles. The van der Waals surface area contributed by atoms with Crippen molar-refractivity contribution in [1.29, 1.82) is 0 Å². The van der Waals surface area contributed by atoms with Gasteiger partial charge in [-0.05, 0) is 64.1 Å². The SMILES string of the molecule is CCCNCCCC(C)N1CCC(C)C(C)C1. The van der Waals surface area contributed by atoms with E-state index in [1.54, 1.807) is 0 Å². The molecule has 17 heavy (non-hydrogen) atoms. The van der Waals surface area contributed by atoms with E-state index in [1.807, 2.05) is 0 Å². The zero-order chi connectivity index (χ0) is 12.7. The van der Waals surface area contributed by atoms with Crippen molar-refractivity contribution in [3.05, 3.63) is 0 Å². The van der Waals surface area contributed by atoms with Crippen molar-refractivity contribution in [2.24, 2.45) is 11.8 Å². The van der Waals surface area contributed by atoms with Crippen LogP contribution in [0.25, 0.3) is 0 Å². The second kappa shape index (κ2) is 8.10. The van der Waals surface area contributed by atoms with Gasteiger partial charge in [0.05, 0.1) is 0 Å². The van der Waals surface area contributed by atoms with Crippen molar-refractivity contribution >= 4 is 0 Å². The third-order valence-corrected chi connectivity index (χ3v) is 4.39. The second-order valence-electron chi connectivity index (χ2n) is 5.98. The average molecular weight is 240 g/mol. The van der Waals surface area contributed by atoms with Crippen LogP contribution >= 0.6 is 0 Å². The summed E-state index contributed by atoms with van der Waals surface area (Å²) in [5.74, 6) is 1.80. The van der Waals surface area contributed by atoms with Crippen LogP contribution in [0.3, 0.4) is 0 Å². The summed E-state index contributed by atoms with van der Waals surface area (Å²) in [4.78, 5) is 2.70. The maximum absolute atomic E-state index is 3.49. The number of likely N-dealkylation sites (tertiary alicyclic amines) is 1. The molecule has 3 unspecified atom stereocenters. The largest absolute Gasteiger partial charge is 0.317 e. The molecule has 0 aromatic carbocycles. The number of hydrogen-bond donors (Lipinski definition) is 1. The lowest BCUT2D eigenvalue weighted by molar-refractivity contribution is 0.0977. The molecule has 102 valence electrons. The maximum Gasteiger partial charge on any atom is 0.00675 e. The fourth-order valence-electron chi connectivity index (χ4n) is 2.70. The van der Waals surface area contributed by atoms with Crippen molar-refractivity contribution in [3.63, 3.8) is 0 Å². The Morgan fingerprint density at radius 2 is 2.00 bits per heavy atom. The van der Waals surface area contributed by atoms with Gasteiger partial charge in [0.2, 0.25) is 0 Å². The van der Waals surface area contributed by atoms with Gasteiger partial charge in [0, 0.05) is 12.6 Å². The summed E-state index contributed by atoms with van der Waals surface area (Å²) < 4.78 is 0.